The minimum atomic E-state index is -0.694. The zero-order valence-corrected chi connectivity index (χ0v) is 51.0. The van der Waals surface area contributed by atoms with Crippen LogP contribution in [0.25, 0.3) is 72.1 Å². The molecular weight excluding hydrogens is 1030 g/mol. The van der Waals surface area contributed by atoms with Gasteiger partial charge >= 0.3 is 0 Å². The smallest absolute Gasteiger partial charge is 0.137 e. The van der Waals surface area contributed by atoms with Crippen LogP contribution in [0.3, 0.4) is 0 Å². The van der Waals surface area contributed by atoms with Gasteiger partial charge in [-0.25, -0.2) is 4.98 Å². The predicted molar refractivity (Wildman–Crippen MR) is 360 cm³/mol. The Kier molecular flexibility index (Phi) is 10.2. The SMILES string of the molecule is [2H]c1c([2H])c([2H])c(-c2cnc(-n3c4cc(Oc5cccc(N6CN(c7c(-c8ccc9c(c8)C(C)(C)CCC9(C)C)cc(C(C)(C)C)cc7-c7c([2H])c([2H])c(-c8ccc(C(C)(C)C)cc8)c([2H])c7[2H])c7ccccc76)c5)ccc4c4c([2H])c([2H])c([2H])c([2H])c43)cc2C(C)(C)C)c([2H])c1[2H]. The van der Waals surface area contributed by atoms with Crippen molar-refractivity contribution in [2.24, 2.45) is 0 Å². The van der Waals surface area contributed by atoms with Gasteiger partial charge in [0.1, 0.15) is 24.0 Å². The lowest BCUT2D eigenvalue weighted by Crippen LogP contribution is -2.33. The van der Waals surface area contributed by atoms with Gasteiger partial charge in [-0.2, -0.15) is 0 Å². The third kappa shape index (κ3) is 10.2. The lowest BCUT2D eigenvalue weighted by Gasteiger charge is -2.42. The Morgan fingerprint density at radius 2 is 1.07 bits per heavy atom. The average Bonchev–Trinajstić information content (AvgIpc) is 1.50. The highest BCUT2D eigenvalue weighted by Gasteiger charge is 2.39. The Hall–Kier alpha value is -8.67. The second kappa shape index (κ2) is 20.5. The molecule has 3 heterocycles. The second-order valence-corrected chi connectivity index (χ2v) is 27.4. The van der Waals surface area contributed by atoms with Crippen molar-refractivity contribution in [3.8, 4) is 61.8 Å². The third-order valence-corrected chi connectivity index (χ3v) is 17.5. The van der Waals surface area contributed by atoms with E-state index in [-0.39, 0.29) is 105 Å². The van der Waals surface area contributed by atoms with E-state index < -0.39 is 41.0 Å². The fourth-order valence-electron chi connectivity index (χ4n) is 12.5. The number of fused-ring (bicyclic) bond motifs is 5. The van der Waals surface area contributed by atoms with Crippen LogP contribution in [0.2, 0.25) is 0 Å². The van der Waals surface area contributed by atoms with Crippen LogP contribution in [0.15, 0.2) is 212 Å². The van der Waals surface area contributed by atoms with Gasteiger partial charge in [-0.15, -0.1) is 0 Å². The van der Waals surface area contributed by atoms with Gasteiger partial charge in [-0.05, 0) is 156 Å². The summed E-state index contributed by atoms with van der Waals surface area (Å²) in [5, 5.41) is 0.768. The van der Waals surface area contributed by atoms with E-state index in [1.54, 1.807) is 28.8 Å². The Bertz CT molecular complexity index is 5110. The van der Waals surface area contributed by atoms with Gasteiger partial charge in [0, 0.05) is 51.5 Å². The summed E-state index contributed by atoms with van der Waals surface area (Å²) in [6.45, 7) is 28.2. The molecule has 0 atom stereocenters. The number of rotatable bonds is 9. The van der Waals surface area contributed by atoms with Crippen molar-refractivity contribution in [2.45, 2.75) is 130 Å². The van der Waals surface area contributed by atoms with Crippen molar-refractivity contribution < 1.29 is 22.6 Å². The highest BCUT2D eigenvalue weighted by Crippen LogP contribution is 2.54. The number of benzene rings is 9. The van der Waals surface area contributed by atoms with Crippen LogP contribution in [0.5, 0.6) is 11.5 Å². The zero-order chi connectivity index (χ0) is 70.7. The topological polar surface area (TPSA) is 33.5 Å². The molecule has 0 saturated heterocycles. The quantitative estimate of drug-likeness (QED) is 0.144. The molecule has 5 nitrogen and oxygen atoms in total. The minimum absolute atomic E-state index is 0.00743. The molecule has 13 rings (SSSR count). The summed E-state index contributed by atoms with van der Waals surface area (Å²) >= 11 is 0. The van der Waals surface area contributed by atoms with Crippen LogP contribution in [-0.2, 0) is 27.1 Å². The second-order valence-electron chi connectivity index (χ2n) is 27.4. The van der Waals surface area contributed by atoms with Crippen molar-refractivity contribution >= 4 is 44.6 Å². The van der Waals surface area contributed by atoms with Crippen molar-refractivity contribution in [1.29, 1.82) is 0 Å². The van der Waals surface area contributed by atoms with E-state index in [9.17, 15) is 8.22 Å². The Balaban J connectivity index is 0.963. The summed E-state index contributed by atoms with van der Waals surface area (Å²) in [4.78, 5) is 9.33. The van der Waals surface area contributed by atoms with Crippen LogP contribution in [-0.4, -0.2) is 16.2 Å². The van der Waals surface area contributed by atoms with E-state index in [0.717, 1.165) is 57.8 Å². The molecule has 0 spiro atoms. The largest absolute Gasteiger partial charge is 0.457 e. The number of hydrogen-bond donors (Lipinski definition) is 0. The Labute approximate surface area is 522 Å². The molecular formula is C80H80N4O. The van der Waals surface area contributed by atoms with E-state index in [1.807, 2.05) is 81.4 Å². The molecule has 1 aliphatic carbocycles. The first kappa shape index (κ1) is 42.2. The molecule has 426 valence electrons. The van der Waals surface area contributed by atoms with Crippen molar-refractivity contribution in [2.75, 3.05) is 16.5 Å². The highest BCUT2D eigenvalue weighted by molar-refractivity contribution is 6.09. The maximum Gasteiger partial charge on any atom is 0.137 e. The molecule has 0 amide bonds. The normalized spacial score (nSPS) is 17.0. The first-order chi connectivity index (χ1) is 45.9. The Morgan fingerprint density at radius 3 is 1.76 bits per heavy atom. The first-order valence-electron chi connectivity index (χ1n) is 36.0. The van der Waals surface area contributed by atoms with Gasteiger partial charge in [0.25, 0.3) is 0 Å². The summed E-state index contributed by atoms with van der Waals surface area (Å²) in [6.07, 6.45) is 3.52. The molecule has 0 radical (unpaired) electrons. The van der Waals surface area contributed by atoms with Gasteiger partial charge in [-0.3, -0.25) is 4.57 Å². The molecule has 9 aromatic carbocycles. The number of aromatic nitrogens is 2. The number of hydrogen-bond acceptors (Lipinski definition) is 4. The van der Waals surface area contributed by atoms with Gasteiger partial charge < -0.3 is 14.5 Å². The fraction of sp³-hybridized carbons (Fsp3) is 0.263. The molecule has 0 fully saturated rings. The lowest BCUT2D eigenvalue weighted by atomic mass is 9.63. The fourth-order valence-corrected chi connectivity index (χ4v) is 12.5. The molecule has 0 unspecified atom stereocenters. The van der Waals surface area contributed by atoms with Gasteiger partial charge in [-0.1, -0.05) is 223 Å². The van der Waals surface area contributed by atoms with Gasteiger partial charge in [0.05, 0.1) is 45.9 Å². The summed E-state index contributed by atoms with van der Waals surface area (Å²) in [7, 11) is 0. The number of pyridine rings is 1. The molecule has 5 heteroatoms. The first-order valence-corrected chi connectivity index (χ1v) is 29.5. The minimum Gasteiger partial charge on any atom is -0.457 e. The summed E-state index contributed by atoms with van der Waals surface area (Å²) in [6, 6.07) is 37.8. The lowest BCUT2D eigenvalue weighted by molar-refractivity contribution is 0.332. The van der Waals surface area contributed by atoms with Crippen molar-refractivity contribution in [1.82, 2.24) is 9.55 Å². The summed E-state index contributed by atoms with van der Waals surface area (Å²) < 4.78 is 128. The van der Waals surface area contributed by atoms with Crippen LogP contribution in [0.1, 0.15) is 148 Å². The standard InChI is InChI=1S/C80H80N4O/c1-76(2,3)57-37-34-53(35-38-57)52-30-32-55(33-31-52)64-45-58(77(4,5)6)46-65(56-36-41-67-69(44-56)80(12,13)43-42-79(67,10)11)75(64)83-51-82(71-28-19-20-29-72(71)83)59-24-21-25-60(47-59)85-61-39-40-63-62-26-17-18-27-70(62)84(73(63)48-61)74-49-68(78(7,8)9)66(50-81-74)54-22-15-14-16-23-54/h14-41,44-50H,42-43,51H2,1-13H3/i14D,15D,16D,17D,18D,22D,23D,26D,27D,30D,31D,32D,33D. The van der Waals surface area contributed by atoms with Gasteiger partial charge in [0.15, 0.2) is 0 Å². The number of para-hydroxylation sites is 3. The number of anilines is 4. The van der Waals surface area contributed by atoms with Crippen LogP contribution in [0.4, 0.5) is 22.7 Å². The van der Waals surface area contributed by atoms with Crippen LogP contribution < -0.4 is 14.5 Å². The molecule has 85 heavy (non-hydrogen) atoms. The monoisotopic (exact) mass is 1130 g/mol. The van der Waals surface area contributed by atoms with Crippen LogP contribution >= 0.6 is 0 Å². The van der Waals surface area contributed by atoms with Crippen molar-refractivity contribution in [3.05, 3.63) is 240 Å². The van der Waals surface area contributed by atoms with Gasteiger partial charge in [0.2, 0.25) is 0 Å². The number of ether oxygens (including phenoxy) is 1. The molecule has 0 bridgehead atoms. The van der Waals surface area contributed by atoms with E-state index in [1.165, 1.54) is 17.3 Å². The van der Waals surface area contributed by atoms with Crippen molar-refractivity contribution in [3.63, 3.8) is 0 Å². The molecule has 2 aliphatic rings. The molecule has 0 saturated carbocycles. The third-order valence-electron chi connectivity index (χ3n) is 17.5. The van der Waals surface area contributed by atoms with Crippen LogP contribution in [0, 0.1) is 0 Å². The average molecular weight is 1130 g/mol. The molecule has 0 N–H and O–H groups in total. The maximum atomic E-state index is 10.1. The summed E-state index contributed by atoms with van der Waals surface area (Å²) in [5.41, 5.74) is 11.4. The highest BCUT2D eigenvalue weighted by atomic mass is 16.5. The molecule has 1 aliphatic heterocycles. The predicted octanol–water partition coefficient (Wildman–Crippen LogP) is 22.1. The molecule has 2 aromatic heterocycles. The van der Waals surface area contributed by atoms with E-state index >= 15 is 0 Å². The number of nitrogens with zero attached hydrogens (tertiary/aromatic N) is 4. The summed E-state index contributed by atoms with van der Waals surface area (Å²) in [5.74, 6) is 1.11. The Morgan fingerprint density at radius 1 is 0.459 bits per heavy atom. The zero-order valence-electron chi connectivity index (χ0n) is 64.0. The van der Waals surface area contributed by atoms with E-state index in [0.29, 0.717) is 44.7 Å². The van der Waals surface area contributed by atoms with E-state index in [2.05, 4.69) is 122 Å². The maximum absolute atomic E-state index is 10.1. The molecule has 11 aromatic rings. The van der Waals surface area contributed by atoms with E-state index in [4.69, 9.17) is 19.3 Å².